The van der Waals surface area contributed by atoms with Crippen LogP contribution in [-0.4, -0.2) is 33.8 Å². The van der Waals surface area contributed by atoms with Gasteiger partial charge >= 0.3 is 5.97 Å². The van der Waals surface area contributed by atoms with E-state index in [1.54, 1.807) is 10.9 Å². The molecule has 0 unspecified atom stereocenters. The molecule has 1 aromatic carbocycles. The summed E-state index contributed by atoms with van der Waals surface area (Å²) in [5.74, 6) is -0.729. The second kappa shape index (κ2) is 9.15. The van der Waals surface area contributed by atoms with Gasteiger partial charge in [0.15, 0.2) is 5.65 Å². The highest BCUT2D eigenvalue weighted by Gasteiger charge is 2.24. The van der Waals surface area contributed by atoms with Crippen LogP contribution < -0.4 is 5.32 Å². The number of pyridine rings is 1. The van der Waals surface area contributed by atoms with Crippen LogP contribution in [0.5, 0.6) is 0 Å². The number of hydrogen-bond acceptors (Lipinski definition) is 6. The van der Waals surface area contributed by atoms with Crippen LogP contribution >= 0.6 is 11.3 Å². The van der Waals surface area contributed by atoms with Gasteiger partial charge < -0.3 is 10.1 Å². The predicted molar refractivity (Wildman–Crippen MR) is 131 cm³/mol. The van der Waals surface area contributed by atoms with Gasteiger partial charge in [-0.05, 0) is 49.9 Å². The van der Waals surface area contributed by atoms with E-state index >= 15 is 0 Å². The predicted octanol–water partition coefficient (Wildman–Crippen LogP) is 5.07. The molecule has 0 saturated carbocycles. The van der Waals surface area contributed by atoms with Crippen LogP contribution in [0.2, 0.25) is 0 Å². The summed E-state index contributed by atoms with van der Waals surface area (Å²) in [6.45, 7) is 7.87. The summed E-state index contributed by atoms with van der Waals surface area (Å²) in [6, 6.07) is 10.2. The number of fused-ring (bicyclic) bond motifs is 1. The van der Waals surface area contributed by atoms with Crippen molar-refractivity contribution < 1.29 is 14.3 Å². The summed E-state index contributed by atoms with van der Waals surface area (Å²) >= 11 is 1.38. The Labute approximate surface area is 196 Å². The molecule has 170 valence electrons. The molecule has 0 atom stereocenters. The SMILES string of the molecule is CCc1c(C)sc(NC(=O)Cn2nc(C)c3c(-c4cccc(C)c4)ccnc32)c1C(=O)OC. The van der Waals surface area contributed by atoms with Crippen molar-refractivity contribution in [2.24, 2.45) is 0 Å². The maximum absolute atomic E-state index is 13.0. The van der Waals surface area contributed by atoms with Crippen molar-refractivity contribution in [3.05, 3.63) is 63.8 Å². The normalized spacial score (nSPS) is 11.1. The van der Waals surface area contributed by atoms with E-state index in [0.717, 1.165) is 32.6 Å². The first kappa shape index (κ1) is 22.7. The van der Waals surface area contributed by atoms with E-state index in [1.165, 1.54) is 24.0 Å². The molecule has 0 saturated heterocycles. The number of methoxy groups -OCH3 is 1. The number of amides is 1. The molecule has 3 heterocycles. The fraction of sp³-hybridized carbons (Fsp3) is 0.280. The molecule has 0 fully saturated rings. The van der Waals surface area contributed by atoms with Gasteiger partial charge in [-0.15, -0.1) is 11.3 Å². The third kappa shape index (κ3) is 4.26. The van der Waals surface area contributed by atoms with Crippen LogP contribution in [0.3, 0.4) is 0 Å². The number of ether oxygens (including phenoxy) is 1. The van der Waals surface area contributed by atoms with Crippen molar-refractivity contribution >= 4 is 39.2 Å². The van der Waals surface area contributed by atoms with Crippen molar-refractivity contribution in [2.45, 2.75) is 40.7 Å². The summed E-state index contributed by atoms with van der Waals surface area (Å²) < 4.78 is 6.56. The number of anilines is 1. The van der Waals surface area contributed by atoms with Gasteiger partial charge in [0.05, 0.1) is 18.4 Å². The molecule has 4 aromatic rings. The molecule has 33 heavy (non-hydrogen) atoms. The lowest BCUT2D eigenvalue weighted by Gasteiger charge is -2.08. The lowest BCUT2D eigenvalue weighted by molar-refractivity contribution is -0.116. The van der Waals surface area contributed by atoms with Gasteiger partial charge in [0, 0.05) is 16.5 Å². The number of nitrogens with zero attached hydrogens (tertiary/aromatic N) is 3. The van der Waals surface area contributed by atoms with Crippen molar-refractivity contribution in [2.75, 3.05) is 12.4 Å². The lowest BCUT2D eigenvalue weighted by atomic mass is 10.0. The zero-order valence-corrected chi connectivity index (χ0v) is 20.2. The molecule has 8 heteroatoms. The summed E-state index contributed by atoms with van der Waals surface area (Å²) in [7, 11) is 1.34. The Hall–Kier alpha value is -3.52. The minimum atomic E-state index is -0.448. The molecule has 4 rings (SSSR count). The van der Waals surface area contributed by atoms with Gasteiger partial charge in [-0.1, -0.05) is 36.8 Å². The molecule has 1 amide bonds. The molecule has 0 bridgehead atoms. The van der Waals surface area contributed by atoms with Gasteiger partial charge in [0.25, 0.3) is 0 Å². The van der Waals surface area contributed by atoms with Gasteiger partial charge in [-0.3, -0.25) is 4.79 Å². The van der Waals surface area contributed by atoms with Crippen LogP contribution in [0, 0.1) is 20.8 Å². The third-order valence-electron chi connectivity index (χ3n) is 5.64. The summed E-state index contributed by atoms with van der Waals surface area (Å²) in [4.78, 5) is 30.8. The fourth-order valence-electron chi connectivity index (χ4n) is 4.16. The first-order valence-corrected chi connectivity index (χ1v) is 11.5. The van der Waals surface area contributed by atoms with Crippen molar-refractivity contribution in [1.29, 1.82) is 0 Å². The number of benzene rings is 1. The van der Waals surface area contributed by atoms with E-state index in [4.69, 9.17) is 4.74 Å². The Morgan fingerprint density at radius 2 is 1.97 bits per heavy atom. The Bertz CT molecular complexity index is 1370. The summed E-state index contributed by atoms with van der Waals surface area (Å²) in [5.41, 5.74) is 6.05. The van der Waals surface area contributed by atoms with Crippen molar-refractivity contribution in [3.8, 4) is 11.1 Å². The van der Waals surface area contributed by atoms with Gasteiger partial charge in [-0.25, -0.2) is 14.5 Å². The molecule has 0 aliphatic heterocycles. The number of nitrogens with one attached hydrogen (secondary N) is 1. The number of hydrogen-bond donors (Lipinski definition) is 1. The topological polar surface area (TPSA) is 86.1 Å². The maximum Gasteiger partial charge on any atom is 0.341 e. The van der Waals surface area contributed by atoms with E-state index in [0.29, 0.717) is 22.6 Å². The smallest absolute Gasteiger partial charge is 0.341 e. The molecular formula is C25H26N4O3S. The minimum absolute atomic E-state index is 0.0202. The molecular weight excluding hydrogens is 436 g/mol. The average Bonchev–Trinajstić information content (AvgIpc) is 3.28. The molecule has 0 spiro atoms. The molecule has 0 radical (unpaired) electrons. The van der Waals surface area contributed by atoms with Gasteiger partial charge in [0.1, 0.15) is 11.5 Å². The zero-order chi connectivity index (χ0) is 23.7. The van der Waals surface area contributed by atoms with Crippen LogP contribution in [0.4, 0.5) is 5.00 Å². The second-order valence-corrected chi connectivity index (χ2v) is 9.13. The number of carbonyl (C=O) groups is 2. The van der Waals surface area contributed by atoms with Crippen LogP contribution in [0.15, 0.2) is 36.5 Å². The molecule has 0 aliphatic rings. The number of thiophene rings is 1. The highest BCUT2D eigenvalue weighted by Crippen LogP contribution is 2.34. The number of aryl methyl sites for hydroxylation is 3. The largest absolute Gasteiger partial charge is 0.465 e. The summed E-state index contributed by atoms with van der Waals surface area (Å²) in [5, 5.41) is 8.91. The van der Waals surface area contributed by atoms with E-state index in [2.05, 4.69) is 40.5 Å². The van der Waals surface area contributed by atoms with E-state index < -0.39 is 5.97 Å². The van der Waals surface area contributed by atoms with Gasteiger partial charge in [0.2, 0.25) is 5.91 Å². The fourth-order valence-corrected chi connectivity index (χ4v) is 5.31. The number of aromatic nitrogens is 3. The van der Waals surface area contributed by atoms with Crippen LogP contribution in [0.25, 0.3) is 22.2 Å². The monoisotopic (exact) mass is 462 g/mol. The lowest BCUT2D eigenvalue weighted by Crippen LogP contribution is -2.20. The van der Waals surface area contributed by atoms with Crippen LogP contribution in [0.1, 0.15) is 39.0 Å². The van der Waals surface area contributed by atoms with E-state index in [1.807, 2.05) is 32.9 Å². The minimum Gasteiger partial charge on any atom is -0.465 e. The zero-order valence-electron chi connectivity index (χ0n) is 19.4. The molecule has 0 aliphatic carbocycles. The van der Waals surface area contributed by atoms with Crippen molar-refractivity contribution in [1.82, 2.24) is 14.8 Å². The molecule has 1 N–H and O–H groups in total. The summed E-state index contributed by atoms with van der Waals surface area (Å²) in [6.07, 6.45) is 2.42. The quantitative estimate of drug-likeness (QED) is 0.404. The molecule has 7 nitrogen and oxygen atoms in total. The second-order valence-electron chi connectivity index (χ2n) is 7.90. The number of rotatable bonds is 6. The van der Waals surface area contributed by atoms with Crippen molar-refractivity contribution in [3.63, 3.8) is 0 Å². The van der Waals surface area contributed by atoms with Crippen LogP contribution in [-0.2, 0) is 22.5 Å². The highest BCUT2D eigenvalue weighted by molar-refractivity contribution is 7.16. The number of esters is 1. The number of carbonyl (C=O) groups excluding carboxylic acids is 2. The maximum atomic E-state index is 13.0. The molecule has 3 aromatic heterocycles. The Morgan fingerprint density at radius 3 is 2.67 bits per heavy atom. The van der Waals surface area contributed by atoms with E-state index in [-0.39, 0.29) is 12.5 Å². The first-order chi connectivity index (χ1) is 15.8. The average molecular weight is 463 g/mol. The third-order valence-corrected chi connectivity index (χ3v) is 6.70. The highest BCUT2D eigenvalue weighted by atomic mass is 32.1. The van der Waals surface area contributed by atoms with Gasteiger partial charge in [-0.2, -0.15) is 5.10 Å². The Balaban J connectivity index is 1.67. The first-order valence-electron chi connectivity index (χ1n) is 10.7. The Kier molecular flexibility index (Phi) is 6.29. The van der Waals surface area contributed by atoms with E-state index in [9.17, 15) is 9.59 Å². The standard InChI is InChI=1S/C25H26N4O3S/c1-6-18-16(4)33-24(22(18)25(31)32-5)27-20(30)13-29-23-21(15(3)28-29)19(10-11-26-23)17-9-7-8-14(2)12-17/h7-12H,6,13H2,1-5H3,(H,27,30). The Morgan fingerprint density at radius 1 is 1.18 bits per heavy atom.